The van der Waals surface area contributed by atoms with Crippen LogP contribution >= 0.6 is 11.6 Å². The predicted molar refractivity (Wildman–Crippen MR) is 93.2 cm³/mol. The highest BCUT2D eigenvalue weighted by Gasteiger charge is 2.38. The molecule has 0 spiro atoms. The number of alkyl halides is 3. The summed E-state index contributed by atoms with van der Waals surface area (Å²) in [7, 11) is 0. The lowest BCUT2D eigenvalue weighted by atomic mass is 10.3. The van der Waals surface area contributed by atoms with Crippen molar-refractivity contribution in [2.24, 2.45) is 0 Å². The largest absolute Gasteiger partial charge is 0.437 e. The lowest BCUT2D eigenvalue weighted by Gasteiger charge is -2.15. The summed E-state index contributed by atoms with van der Waals surface area (Å²) in [5.74, 6) is -1.05. The standard InChI is InChI=1S/C17H16ClF3N4O2/c18-10-4-3-7-12(8-10)23-15-22-9-13(14(25-15)17(19,20)21)27-16(26)24-11-5-1-2-6-11/h3-4,7-9,11H,1-2,5-6H2,(H,24,26)(H,22,23,25). The van der Waals surface area contributed by atoms with Gasteiger partial charge in [-0.2, -0.15) is 13.2 Å². The van der Waals surface area contributed by atoms with Gasteiger partial charge in [-0.25, -0.2) is 14.8 Å². The highest BCUT2D eigenvalue weighted by Crippen LogP contribution is 2.35. The second-order valence-corrected chi connectivity index (χ2v) is 6.49. The topological polar surface area (TPSA) is 76.1 Å². The number of halogens is 4. The van der Waals surface area contributed by atoms with E-state index < -0.39 is 23.7 Å². The molecule has 1 aromatic carbocycles. The van der Waals surface area contributed by atoms with E-state index in [1.807, 2.05) is 0 Å². The number of benzene rings is 1. The van der Waals surface area contributed by atoms with Crippen molar-refractivity contribution in [2.75, 3.05) is 5.32 Å². The maximum Gasteiger partial charge on any atom is 0.437 e. The first kappa shape index (κ1) is 19.2. The summed E-state index contributed by atoms with van der Waals surface area (Å²) in [5, 5.41) is 5.59. The third-order valence-electron chi connectivity index (χ3n) is 3.98. The van der Waals surface area contributed by atoms with Crippen LogP contribution in [0.4, 0.5) is 29.6 Å². The average Bonchev–Trinajstić information content (AvgIpc) is 3.08. The molecule has 0 unspecified atom stereocenters. The molecular weight excluding hydrogens is 385 g/mol. The maximum absolute atomic E-state index is 13.3. The van der Waals surface area contributed by atoms with Gasteiger partial charge in [0.1, 0.15) is 0 Å². The Labute approximate surface area is 158 Å². The Kier molecular flexibility index (Phi) is 5.69. The number of hydrogen-bond donors (Lipinski definition) is 2. The van der Waals surface area contributed by atoms with E-state index in [2.05, 4.69) is 20.6 Å². The van der Waals surface area contributed by atoms with E-state index >= 15 is 0 Å². The van der Waals surface area contributed by atoms with E-state index in [1.165, 1.54) is 6.07 Å². The van der Waals surface area contributed by atoms with E-state index in [-0.39, 0.29) is 12.0 Å². The van der Waals surface area contributed by atoms with E-state index in [0.717, 1.165) is 31.9 Å². The zero-order valence-electron chi connectivity index (χ0n) is 14.0. The van der Waals surface area contributed by atoms with Crippen molar-refractivity contribution in [3.05, 3.63) is 41.2 Å². The Morgan fingerprint density at radius 1 is 1.26 bits per heavy atom. The monoisotopic (exact) mass is 400 g/mol. The summed E-state index contributed by atoms with van der Waals surface area (Å²) in [5.41, 5.74) is -0.924. The molecule has 10 heteroatoms. The minimum absolute atomic E-state index is 0.0866. The number of amides is 1. The van der Waals surface area contributed by atoms with E-state index in [1.54, 1.807) is 18.2 Å². The number of carbonyl (C=O) groups is 1. The van der Waals surface area contributed by atoms with Gasteiger partial charge in [-0.3, -0.25) is 0 Å². The van der Waals surface area contributed by atoms with Gasteiger partial charge in [0.2, 0.25) is 5.95 Å². The fraction of sp³-hybridized carbons (Fsp3) is 0.353. The minimum atomic E-state index is -4.82. The Morgan fingerprint density at radius 2 is 2.00 bits per heavy atom. The zero-order valence-corrected chi connectivity index (χ0v) is 14.8. The van der Waals surface area contributed by atoms with Crippen LogP contribution in [0.25, 0.3) is 0 Å². The Hall–Kier alpha value is -2.55. The van der Waals surface area contributed by atoms with Gasteiger partial charge < -0.3 is 15.4 Å². The van der Waals surface area contributed by atoms with Crippen LogP contribution in [0.2, 0.25) is 5.02 Å². The van der Waals surface area contributed by atoms with Gasteiger partial charge in [0, 0.05) is 16.8 Å². The molecule has 3 rings (SSSR count). The number of aromatic nitrogens is 2. The summed E-state index contributed by atoms with van der Waals surface area (Å²) < 4.78 is 44.8. The summed E-state index contributed by atoms with van der Waals surface area (Å²) >= 11 is 5.84. The molecule has 1 fully saturated rings. The number of anilines is 2. The molecule has 0 radical (unpaired) electrons. The molecule has 2 N–H and O–H groups in total. The van der Waals surface area contributed by atoms with Crippen LogP contribution in [0.1, 0.15) is 31.4 Å². The SMILES string of the molecule is O=C(NC1CCCC1)Oc1cnc(Nc2cccc(Cl)c2)nc1C(F)(F)F. The second kappa shape index (κ2) is 7.99. The summed E-state index contributed by atoms with van der Waals surface area (Å²) in [4.78, 5) is 19.1. The Bertz CT molecular complexity index is 826. The summed E-state index contributed by atoms with van der Waals surface area (Å²) in [6.45, 7) is 0. The quantitative estimate of drug-likeness (QED) is 0.761. The molecule has 1 aliphatic rings. The molecule has 1 aromatic heterocycles. The lowest BCUT2D eigenvalue weighted by Crippen LogP contribution is -2.35. The van der Waals surface area contributed by atoms with E-state index in [9.17, 15) is 18.0 Å². The first-order valence-corrected chi connectivity index (χ1v) is 8.64. The second-order valence-electron chi connectivity index (χ2n) is 6.05. The van der Waals surface area contributed by atoms with Crippen LogP contribution in [-0.4, -0.2) is 22.1 Å². The summed E-state index contributed by atoms with van der Waals surface area (Å²) in [6, 6.07) is 6.27. The van der Waals surface area contributed by atoms with Gasteiger partial charge in [0.25, 0.3) is 0 Å². The third kappa shape index (κ3) is 5.22. The first-order valence-electron chi connectivity index (χ1n) is 8.26. The Balaban J connectivity index is 1.78. The van der Waals surface area contributed by atoms with Gasteiger partial charge in [0.05, 0.1) is 6.20 Å². The molecule has 1 aliphatic carbocycles. The smallest absolute Gasteiger partial charge is 0.406 e. The van der Waals surface area contributed by atoms with Crippen LogP contribution in [0, 0.1) is 0 Å². The van der Waals surface area contributed by atoms with Crippen molar-refractivity contribution >= 4 is 29.3 Å². The summed E-state index contributed by atoms with van der Waals surface area (Å²) in [6.07, 6.45) is -1.47. The molecule has 1 amide bonds. The van der Waals surface area contributed by atoms with Gasteiger partial charge in [-0.05, 0) is 31.0 Å². The van der Waals surface area contributed by atoms with Gasteiger partial charge in [-0.1, -0.05) is 30.5 Å². The molecular formula is C17H16ClF3N4O2. The van der Waals surface area contributed by atoms with Crippen LogP contribution in [0.3, 0.4) is 0 Å². The highest BCUT2D eigenvalue weighted by atomic mass is 35.5. The van der Waals surface area contributed by atoms with Crippen molar-refractivity contribution in [1.82, 2.24) is 15.3 Å². The number of ether oxygens (including phenoxy) is 1. The van der Waals surface area contributed by atoms with Crippen molar-refractivity contribution < 1.29 is 22.7 Å². The molecule has 6 nitrogen and oxygen atoms in total. The minimum Gasteiger partial charge on any atom is -0.406 e. The Morgan fingerprint density at radius 3 is 2.67 bits per heavy atom. The molecule has 144 valence electrons. The molecule has 2 aromatic rings. The molecule has 1 heterocycles. The molecule has 0 atom stereocenters. The number of nitrogens with zero attached hydrogens (tertiary/aromatic N) is 2. The molecule has 0 bridgehead atoms. The van der Waals surface area contributed by atoms with Gasteiger partial charge >= 0.3 is 12.3 Å². The lowest BCUT2D eigenvalue weighted by molar-refractivity contribution is -0.142. The molecule has 27 heavy (non-hydrogen) atoms. The van der Waals surface area contributed by atoms with Crippen molar-refractivity contribution in [3.8, 4) is 5.75 Å². The fourth-order valence-corrected chi connectivity index (χ4v) is 2.96. The maximum atomic E-state index is 13.3. The number of carbonyl (C=O) groups excluding carboxylic acids is 1. The molecule has 1 saturated carbocycles. The number of rotatable bonds is 4. The van der Waals surface area contributed by atoms with Crippen molar-refractivity contribution in [2.45, 2.75) is 37.9 Å². The highest BCUT2D eigenvalue weighted by molar-refractivity contribution is 6.30. The zero-order chi connectivity index (χ0) is 19.4. The van der Waals surface area contributed by atoms with E-state index in [0.29, 0.717) is 10.7 Å². The fourth-order valence-electron chi connectivity index (χ4n) is 2.77. The van der Waals surface area contributed by atoms with Crippen LogP contribution in [0.5, 0.6) is 5.75 Å². The number of nitrogens with one attached hydrogen (secondary N) is 2. The van der Waals surface area contributed by atoms with Gasteiger partial charge in [0.15, 0.2) is 11.4 Å². The first-order chi connectivity index (χ1) is 12.8. The predicted octanol–water partition coefficient (Wildman–Crippen LogP) is 4.92. The van der Waals surface area contributed by atoms with Crippen molar-refractivity contribution in [1.29, 1.82) is 0 Å². The van der Waals surface area contributed by atoms with Crippen LogP contribution in [0.15, 0.2) is 30.5 Å². The van der Waals surface area contributed by atoms with Crippen LogP contribution < -0.4 is 15.4 Å². The average molecular weight is 401 g/mol. The van der Waals surface area contributed by atoms with Gasteiger partial charge in [-0.15, -0.1) is 0 Å². The normalized spacial score (nSPS) is 14.8. The molecule has 0 saturated heterocycles. The van der Waals surface area contributed by atoms with Crippen molar-refractivity contribution in [3.63, 3.8) is 0 Å². The van der Waals surface area contributed by atoms with E-state index in [4.69, 9.17) is 16.3 Å². The number of hydrogen-bond acceptors (Lipinski definition) is 5. The molecule has 0 aliphatic heterocycles. The third-order valence-corrected chi connectivity index (χ3v) is 4.22. The van der Waals surface area contributed by atoms with Crippen LogP contribution in [-0.2, 0) is 6.18 Å².